The molecule has 0 unspecified atom stereocenters. The smallest absolute Gasteiger partial charge is 0.298 e. The van der Waals surface area contributed by atoms with Gasteiger partial charge in [0.15, 0.2) is 17.3 Å². The van der Waals surface area contributed by atoms with E-state index in [2.05, 4.69) is 5.32 Å². The molecule has 1 aliphatic carbocycles. The molecular weight excluding hydrogens is 633 g/mol. The lowest BCUT2D eigenvalue weighted by Gasteiger charge is -2.26. The summed E-state index contributed by atoms with van der Waals surface area (Å²) in [5.41, 5.74) is 7.47. The molecule has 0 aliphatic heterocycles. The highest BCUT2D eigenvalue weighted by Gasteiger charge is 2.36. The number of fused-ring (bicyclic) bond motifs is 2. The Morgan fingerprint density at radius 2 is 1.35 bits per heavy atom. The van der Waals surface area contributed by atoms with Gasteiger partial charge in [-0.05, 0) is 60.6 Å². The van der Waals surface area contributed by atoms with Crippen LogP contribution in [0.1, 0.15) is 74.9 Å². The highest BCUT2D eigenvalue weighted by atomic mass is 32.2. The molecule has 0 radical (unpaired) electrons. The first kappa shape index (κ1) is 32.8. The maximum Gasteiger partial charge on any atom is 0.298 e. The Labute approximate surface area is 266 Å². The van der Waals surface area contributed by atoms with E-state index in [9.17, 15) is 35.5 Å². The third kappa shape index (κ3) is 5.66. The highest BCUT2D eigenvalue weighted by Crippen LogP contribution is 2.45. The number of anilines is 3. The average Bonchev–Trinajstić information content (AvgIpc) is 2.93. The van der Waals surface area contributed by atoms with Gasteiger partial charge in [0.25, 0.3) is 20.2 Å². The monoisotopic (exact) mass is 664 g/mol. The zero-order valence-corrected chi connectivity index (χ0v) is 27.5. The van der Waals surface area contributed by atoms with Crippen LogP contribution in [-0.4, -0.2) is 37.5 Å². The maximum absolute atomic E-state index is 13.9. The summed E-state index contributed by atoms with van der Waals surface area (Å²) in [5.74, 6) is -1.64. The van der Waals surface area contributed by atoms with E-state index in [1.54, 1.807) is 25.1 Å². The molecule has 0 saturated heterocycles. The van der Waals surface area contributed by atoms with Gasteiger partial charge in [0, 0.05) is 22.9 Å². The van der Waals surface area contributed by atoms with Gasteiger partial charge in [-0.25, -0.2) is 0 Å². The summed E-state index contributed by atoms with van der Waals surface area (Å²) in [6, 6.07) is 13.3. The molecule has 0 saturated carbocycles. The van der Waals surface area contributed by atoms with Crippen molar-refractivity contribution in [2.45, 2.75) is 56.7 Å². The van der Waals surface area contributed by atoms with Crippen molar-refractivity contribution in [2.75, 3.05) is 11.1 Å². The van der Waals surface area contributed by atoms with Gasteiger partial charge in [-0.2, -0.15) is 16.8 Å². The van der Waals surface area contributed by atoms with Gasteiger partial charge in [0.2, 0.25) is 0 Å². The molecule has 0 atom stereocenters. The summed E-state index contributed by atoms with van der Waals surface area (Å²) < 4.78 is 75.5. The van der Waals surface area contributed by atoms with Crippen LogP contribution < -0.4 is 15.8 Å². The van der Waals surface area contributed by atoms with Gasteiger partial charge < -0.3 is 15.8 Å². The van der Waals surface area contributed by atoms with E-state index < -0.39 is 42.1 Å². The molecule has 5 N–H and O–H groups in total. The van der Waals surface area contributed by atoms with Gasteiger partial charge in [0.1, 0.15) is 15.5 Å². The number of ether oxygens (including phenoxy) is 1. The number of nitrogen functional groups attached to an aromatic ring is 1. The Balaban J connectivity index is 1.79. The fourth-order valence-corrected chi connectivity index (χ4v) is 7.34. The molecule has 0 fully saturated rings. The van der Waals surface area contributed by atoms with Crippen molar-refractivity contribution in [3.05, 3.63) is 99.1 Å². The van der Waals surface area contributed by atoms with Crippen molar-refractivity contribution in [2.24, 2.45) is 0 Å². The first-order valence-electron chi connectivity index (χ1n) is 14.0. The molecule has 4 aromatic carbocycles. The fourth-order valence-electron chi connectivity index (χ4n) is 5.75. The Hall–Kier alpha value is -4.56. The minimum absolute atomic E-state index is 0.00288. The molecule has 13 heteroatoms. The van der Waals surface area contributed by atoms with E-state index >= 15 is 0 Å². The third-order valence-corrected chi connectivity index (χ3v) is 9.95. The molecule has 46 heavy (non-hydrogen) atoms. The zero-order chi connectivity index (χ0) is 34.1. The maximum atomic E-state index is 13.9. The summed E-state index contributed by atoms with van der Waals surface area (Å²) in [6.07, 6.45) is 0. The topological polar surface area (TPSA) is 190 Å². The van der Waals surface area contributed by atoms with E-state index in [1.807, 2.05) is 20.8 Å². The summed E-state index contributed by atoms with van der Waals surface area (Å²) in [7, 11) is -9.45. The minimum atomic E-state index is -4.80. The summed E-state index contributed by atoms with van der Waals surface area (Å²) in [4.78, 5) is 26.9. The molecule has 0 aromatic heterocycles. The Kier molecular flexibility index (Phi) is 7.89. The number of carbonyl (C=O) groups excluding carboxylic acids is 2. The predicted octanol–water partition coefficient (Wildman–Crippen LogP) is 6.30. The molecule has 0 bridgehead atoms. The van der Waals surface area contributed by atoms with Gasteiger partial charge in [0.05, 0.1) is 22.5 Å². The lowest BCUT2D eigenvalue weighted by Crippen LogP contribution is -2.24. The van der Waals surface area contributed by atoms with Crippen LogP contribution in [0, 0.1) is 20.8 Å². The van der Waals surface area contributed by atoms with Crippen molar-refractivity contribution in [1.82, 2.24) is 0 Å². The normalized spacial score (nSPS) is 13.3. The van der Waals surface area contributed by atoms with E-state index in [1.165, 1.54) is 50.2 Å². The first-order valence-corrected chi connectivity index (χ1v) is 16.9. The van der Waals surface area contributed by atoms with Crippen LogP contribution in [0.2, 0.25) is 0 Å². The first-order chi connectivity index (χ1) is 21.2. The van der Waals surface area contributed by atoms with Crippen molar-refractivity contribution >= 4 is 48.9 Å². The SMILES string of the molecule is Cc1cc(C)c(S(=O)(=O)O)c(C)c1Nc1cc(Oc2ccc(C(C)(C)C)cc2S(=O)(=O)O)c(N)c2c1C(=O)c1ccccc1C2=O. The Morgan fingerprint density at radius 1 is 0.761 bits per heavy atom. The average molecular weight is 665 g/mol. The zero-order valence-electron chi connectivity index (χ0n) is 25.8. The molecule has 11 nitrogen and oxygen atoms in total. The molecule has 0 amide bonds. The second-order valence-electron chi connectivity index (χ2n) is 12.2. The minimum Gasteiger partial charge on any atom is -0.454 e. The Morgan fingerprint density at radius 3 is 1.89 bits per heavy atom. The van der Waals surface area contributed by atoms with Crippen molar-refractivity contribution in [1.29, 1.82) is 0 Å². The van der Waals surface area contributed by atoms with Crippen LogP contribution in [0.3, 0.4) is 0 Å². The summed E-state index contributed by atoms with van der Waals surface area (Å²) in [5, 5.41) is 3.07. The third-order valence-electron chi connectivity index (χ3n) is 7.93. The summed E-state index contributed by atoms with van der Waals surface area (Å²) in [6.45, 7) is 10.3. The molecule has 4 aromatic rings. The molecule has 5 rings (SSSR count). The largest absolute Gasteiger partial charge is 0.454 e. The van der Waals surface area contributed by atoms with E-state index in [0.29, 0.717) is 16.7 Å². The number of benzene rings is 4. The number of nitrogens with one attached hydrogen (secondary N) is 1. The number of rotatable bonds is 6. The van der Waals surface area contributed by atoms with E-state index in [0.717, 1.165) is 0 Å². The van der Waals surface area contributed by atoms with Gasteiger partial charge in [-0.15, -0.1) is 0 Å². The molecule has 0 spiro atoms. The predicted molar refractivity (Wildman–Crippen MR) is 173 cm³/mol. The second-order valence-corrected chi connectivity index (χ2v) is 15.0. The molecule has 240 valence electrons. The van der Waals surface area contributed by atoms with Gasteiger partial charge >= 0.3 is 0 Å². The lowest BCUT2D eigenvalue weighted by atomic mass is 9.82. The number of carbonyl (C=O) groups is 2. The molecular formula is C33H32N2O9S2. The van der Waals surface area contributed by atoms with Crippen LogP contribution in [0.4, 0.5) is 17.1 Å². The lowest BCUT2D eigenvalue weighted by molar-refractivity contribution is 0.0980. The van der Waals surface area contributed by atoms with Crippen LogP contribution in [0.5, 0.6) is 11.5 Å². The number of aryl methyl sites for hydroxylation is 2. The number of nitrogens with two attached hydrogens (primary N) is 1. The number of hydrogen-bond acceptors (Lipinski definition) is 9. The quantitative estimate of drug-likeness (QED) is 0.118. The van der Waals surface area contributed by atoms with Gasteiger partial charge in [-0.3, -0.25) is 18.7 Å². The van der Waals surface area contributed by atoms with Crippen LogP contribution in [0.15, 0.2) is 64.4 Å². The second kappa shape index (κ2) is 11.1. The number of hydrogen-bond donors (Lipinski definition) is 4. The van der Waals surface area contributed by atoms with E-state index in [-0.39, 0.29) is 61.3 Å². The highest BCUT2D eigenvalue weighted by molar-refractivity contribution is 7.86. The van der Waals surface area contributed by atoms with Crippen molar-refractivity contribution in [3.8, 4) is 11.5 Å². The fraction of sp³-hybridized carbons (Fsp3) is 0.212. The summed E-state index contributed by atoms with van der Waals surface area (Å²) >= 11 is 0. The van der Waals surface area contributed by atoms with Crippen LogP contribution in [-0.2, 0) is 25.7 Å². The Bertz CT molecular complexity index is 2220. The number of ketones is 2. The van der Waals surface area contributed by atoms with Gasteiger partial charge in [-0.1, -0.05) is 57.2 Å². The van der Waals surface area contributed by atoms with E-state index in [4.69, 9.17) is 10.5 Å². The molecule has 1 aliphatic rings. The molecule has 0 heterocycles. The van der Waals surface area contributed by atoms with Crippen molar-refractivity contribution in [3.63, 3.8) is 0 Å². The van der Waals surface area contributed by atoms with Crippen LogP contribution in [0.25, 0.3) is 0 Å². The standard InChI is InChI=1S/C33H32N2O9S2/c1-16-13-17(2)32(46(41,42)43)18(3)29(16)35-22-15-24(44-23-12-11-19(33(4,5)6)14-25(23)45(38,39)40)28(34)27-26(22)30(36)20-9-7-8-10-21(20)31(27)37/h7-15,35H,34H2,1-6H3,(H,38,39,40)(H,41,42,43). The van der Waals surface area contributed by atoms with Crippen LogP contribution >= 0.6 is 0 Å². The van der Waals surface area contributed by atoms with Crippen molar-refractivity contribution < 1.29 is 40.3 Å².